The number of nitrogens with one attached hydrogen (secondary N) is 1. The van der Waals surface area contributed by atoms with E-state index in [0.717, 1.165) is 16.7 Å². The van der Waals surface area contributed by atoms with Gasteiger partial charge in [0.2, 0.25) is 11.8 Å². The van der Waals surface area contributed by atoms with Gasteiger partial charge in [0, 0.05) is 32.4 Å². The lowest BCUT2D eigenvalue weighted by molar-refractivity contribution is -0.139. The molecule has 1 heterocycles. The zero-order chi connectivity index (χ0) is 23.0. The highest BCUT2D eigenvalue weighted by atomic mass is 16.2. The lowest BCUT2D eigenvalue weighted by Gasteiger charge is -2.31. The molecule has 0 unspecified atom stereocenters. The molecular weight excluding hydrogens is 412 g/mol. The van der Waals surface area contributed by atoms with Crippen LogP contribution < -0.4 is 5.32 Å². The summed E-state index contributed by atoms with van der Waals surface area (Å²) >= 11 is 0. The van der Waals surface area contributed by atoms with Gasteiger partial charge in [-0.25, -0.2) is 0 Å². The maximum absolute atomic E-state index is 13.6. The molecular formula is C28H28N2O3. The molecule has 3 aromatic rings. The SMILES string of the molecule is O=C1CCN(C(=O)[C@H](Cc2ccccc2)NC(=O)C(c2ccccc2)c2ccccc2)CC1. The number of hydrogen-bond donors (Lipinski definition) is 1. The van der Waals surface area contributed by atoms with Gasteiger partial charge in [0.25, 0.3) is 0 Å². The number of rotatable bonds is 7. The molecule has 0 bridgehead atoms. The van der Waals surface area contributed by atoms with Crippen LogP contribution in [0.3, 0.4) is 0 Å². The van der Waals surface area contributed by atoms with Crippen LogP contribution in [0.25, 0.3) is 0 Å². The fourth-order valence-electron chi connectivity index (χ4n) is 4.29. The van der Waals surface area contributed by atoms with Crippen molar-refractivity contribution in [2.45, 2.75) is 31.2 Å². The van der Waals surface area contributed by atoms with Crippen LogP contribution in [0.2, 0.25) is 0 Å². The Labute approximate surface area is 194 Å². The van der Waals surface area contributed by atoms with E-state index in [9.17, 15) is 14.4 Å². The molecule has 1 N–H and O–H groups in total. The van der Waals surface area contributed by atoms with Gasteiger partial charge in [-0.15, -0.1) is 0 Å². The van der Waals surface area contributed by atoms with E-state index in [2.05, 4.69) is 5.32 Å². The summed E-state index contributed by atoms with van der Waals surface area (Å²) in [5, 5.41) is 3.06. The monoisotopic (exact) mass is 440 g/mol. The Morgan fingerprint density at radius 3 is 1.76 bits per heavy atom. The Hall–Kier alpha value is -3.73. The van der Waals surface area contributed by atoms with Crippen LogP contribution in [-0.2, 0) is 20.8 Å². The quantitative estimate of drug-likeness (QED) is 0.609. The number of benzene rings is 3. The molecule has 1 atom stereocenters. The summed E-state index contributed by atoms with van der Waals surface area (Å²) in [6.45, 7) is 0.805. The van der Waals surface area contributed by atoms with E-state index in [1.807, 2.05) is 91.0 Å². The predicted octanol–water partition coefficient (Wildman–Crippen LogP) is 3.74. The normalized spacial score (nSPS) is 14.7. The number of amides is 2. The van der Waals surface area contributed by atoms with Gasteiger partial charge in [0.1, 0.15) is 11.8 Å². The second-order valence-electron chi connectivity index (χ2n) is 8.37. The summed E-state index contributed by atoms with van der Waals surface area (Å²) in [4.78, 5) is 40.5. The number of Topliss-reactive ketones (excluding diaryl/α,β-unsaturated/α-hetero) is 1. The van der Waals surface area contributed by atoms with Crippen molar-refractivity contribution in [1.82, 2.24) is 10.2 Å². The lowest BCUT2D eigenvalue weighted by Crippen LogP contribution is -2.52. The van der Waals surface area contributed by atoms with E-state index >= 15 is 0 Å². The molecule has 1 saturated heterocycles. The van der Waals surface area contributed by atoms with E-state index in [1.54, 1.807) is 4.90 Å². The maximum atomic E-state index is 13.6. The fourth-order valence-corrected chi connectivity index (χ4v) is 4.29. The van der Waals surface area contributed by atoms with E-state index < -0.39 is 12.0 Å². The van der Waals surface area contributed by atoms with Crippen molar-refractivity contribution in [2.24, 2.45) is 0 Å². The van der Waals surface area contributed by atoms with Crippen molar-refractivity contribution < 1.29 is 14.4 Å². The highest BCUT2D eigenvalue weighted by Crippen LogP contribution is 2.25. The van der Waals surface area contributed by atoms with Gasteiger partial charge in [-0.05, 0) is 16.7 Å². The van der Waals surface area contributed by atoms with Gasteiger partial charge in [-0.1, -0.05) is 91.0 Å². The summed E-state index contributed by atoms with van der Waals surface area (Å²) in [6, 6.07) is 28.2. The molecule has 3 aromatic carbocycles. The van der Waals surface area contributed by atoms with Gasteiger partial charge in [0.05, 0.1) is 5.92 Å². The Bertz CT molecular complexity index is 1030. The second kappa shape index (κ2) is 10.7. The highest BCUT2D eigenvalue weighted by Gasteiger charge is 2.31. The highest BCUT2D eigenvalue weighted by molar-refractivity contribution is 5.93. The molecule has 0 saturated carbocycles. The molecule has 4 rings (SSSR count). The van der Waals surface area contributed by atoms with E-state index in [1.165, 1.54) is 0 Å². The summed E-state index contributed by atoms with van der Waals surface area (Å²) in [6.07, 6.45) is 1.13. The maximum Gasteiger partial charge on any atom is 0.245 e. The average molecular weight is 441 g/mol. The predicted molar refractivity (Wildman–Crippen MR) is 128 cm³/mol. The minimum Gasteiger partial charge on any atom is -0.343 e. The first-order valence-electron chi connectivity index (χ1n) is 11.4. The van der Waals surface area contributed by atoms with E-state index in [-0.39, 0.29) is 17.6 Å². The van der Waals surface area contributed by atoms with Crippen molar-refractivity contribution in [2.75, 3.05) is 13.1 Å². The Morgan fingerprint density at radius 2 is 1.24 bits per heavy atom. The zero-order valence-electron chi connectivity index (χ0n) is 18.5. The Kier molecular flexibility index (Phi) is 7.30. The third kappa shape index (κ3) is 5.75. The van der Waals surface area contributed by atoms with Crippen molar-refractivity contribution in [3.8, 4) is 0 Å². The lowest BCUT2D eigenvalue weighted by atomic mass is 9.90. The summed E-state index contributed by atoms with van der Waals surface area (Å²) in [5.74, 6) is -0.702. The molecule has 2 amide bonds. The van der Waals surface area contributed by atoms with Crippen LogP contribution in [0.1, 0.15) is 35.4 Å². The average Bonchev–Trinajstić information content (AvgIpc) is 2.86. The van der Waals surface area contributed by atoms with Crippen LogP contribution in [-0.4, -0.2) is 41.6 Å². The minimum absolute atomic E-state index is 0.139. The van der Waals surface area contributed by atoms with Crippen molar-refractivity contribution in [1.29, 1.82) is 0 Å². The van der Waals surface area contributed by atoms with Gasteiger partial charge in [0.15, 0.2) is 0 Å². The minimum atomic E-state index is -0.706. The van der Waals surface area contributed by atoms with E-state index in [4.69, 9.17) is 0 Å². The molecule has 168 valence electrons. The second-order valence-corrected chi connectivity index (χ2v) is 8.37. The first kappa shape index (κ1) is 22.5. The van der Waals surface area contributed by atoms with Crippen LogP contribution >= 0.6 is 0 Å². The van der Waals surface area contributed by atoms with Gasteiger partial charge in [-0.3, -0.25) is 14.4 Å². The molecule has 33 heavy (non-hydrogen) atoms. The topological polar surface area (TPSA) is 66.5 Å². The first-order valence-corrected chi connectivity index (χ1v) is 11.4. The van der Waals surface area contributed by atoms with Gasteiger partial charge < -0.3 is 10.2 Å². The van der Waals surface area contributed by atoms with Gasteiger partial charge in [-0.2, -0.15) is 0 Å². The Balaban J connectivity index is 1.61. The fraction of sp³-hybridized carbons (Fsp3) is 0.250. The third-order valence-electron chi connectivity index (χ3n) is 6.06. The molecule has 0 spiro atoms. The summed E-state index contributed by atoms with van der Waals surface area (Å²) in [5.41, 5.74) is 2.71. The summed E-state index contributed by atoms with van der Waals surface area (Å²) < 4.78 is 0. The van der Waals surface area contributed by atoms with Crippen LogP contribution in [0.15, 0.2) is 91.0 Å². The molecule has 0 aliphatic carbocycles. The summed E-state index contributed by atoms with van der Waals surface area (Å²) in [7, 11) is 0. The van der Waals surface area contributed by atoms with Crippen LogP contribution in [0.4, 0.5) is 0 Å². The van der Waals surface area contributed by atoms with Gasteiger partial charge >= 0.3 is 0 Å². The number of carbonyl (C=O) groups excluding carboxylic acids is 3. The molecule has 5 nitrogen and oxygen atoms in total. The molecule has 0 radical (unpaired) electrons. The number of hydrogen-bond acceptors (Lipinski definition) is 3. The largest absolute Gasteiger partial charge is 0.343 e. The number of carbonyl (C=O) groups is 3. The zero-order valence-corrected chi connectivity index (χ0v) is 18.5. The molecule has 5 heteroatoms. The van der Waals surface area contributed by atoms with Crippen LogP contribution in [0, 0.1) is 0 Å². The smallest absolute Gasteiger partial charge is 0.245 e. The number of piperidine rings is 1. The third-order valence-corrected chi connectivity index (χ3v) is 6.06. The van der Waals surface area contributed by atoms with Crippen LogP contribution in [0.5, 0.6) is 0 Å². The Morgan fingerprint density at radius 1 is 0.758 bits per heavy atom. The van der Waals surface area contributed by atoms with Crippen molar-refractivity contribution >= 4 is 17.6 Å². The van der Waals surface area contributed by atoms with Crippen molar-refractivity contribution in [3.05, 3.63) is 108 Å². The van der Waals surface area contributed by atoms with Crippen molar-refractivity contribution in [3.63, 3.8) is 0 Å². The molecule has 1 aliphatic rings. The standard InChI is InChI=1S/C28H28N2O3/c31-24-16-18-30(19-17-24)28(33)25(20-21-10-4-1-5-11-21)29-27(32)26(22-12-6-2-7-13-22)23-14-8-3-9-15-23/h1-15,25-26H,16-20H2,(H,29,32)/t25-/m0/s1. The number of likely N-dealkylation sites (tertiary alicyclic amines) is 1. The number of nitrogens with zero attached hydrogens (tertiary/aromatic N) is 1. The van der Waals surface area contributed by atoms with E-state index in [0.29, 0.717) is 32.4 Å². The molecule has 1 fully saturated rings. The molecule has 1 aliphatic heterocycles. The number of ketones is 1. The first-order chi connectivity index (χ1) is 16.1. The molecule has 0 aromatic heterocycles.